The number of ether oxygens (including phenoxy) is 2. The molecule has 0 N–H and O–H groups in total. The zero-order valence-corrected chi connectivity index (χ0v) is 12.8. The Morgan fingerprint density at radius 1 is 0.958 bits per heavy atom. The van der Waals surface area contributed by atoms with Gasteiger partial charge in [-0.1, -0.05) is 18.2 Å². The van der Waals surface area contributed by atoms with Crippen LogP contribution in [0.4, 0.5) is 4.39 Å². The van der Waals surface area contributed by atoms with E-state index in [4.69, 9.17) is 9.47 Å². The number of para-hydroxylation sites is 1. The molecule has 0 aliphatic rings. The van der Waals surface area contributed by atoms with Crippen molar-refractivity contribution in [3.63, 3.8) is 0 Å². The first-order valence-electron chi connectivity index (χ1n) is 7.37. The molecule has 0 aliphatic heterocycles. The quantitative estimate of drug-likeness (QED) is 0.654. The Morgan fingerprint density at radius 2 is 1.71 bits per heavy atom. The van der Waals surface area contributed by atoms with Crippen LogP contribution in [0.15, 0.2) is 71.9 Å². The van der Waals surface area contributed by atoms with E-state index in [0.717, 1.165) is 11.9 Å². The second-order valence-corrected chi connectivity index (χ2v) is 4.94. The Labute approximate surface area is 137 Å². The molecule has 0 radical (unpaired) electrons. The van der Waals surface area contributed by atoms with Crippen molar-refractivity contribution in [3.8, 4) is 17.2 Å². The minimum absolute atomic E-state index is 0.305. The van der Waals surface area contributed by atoms with Crippen molar-refractivity contribution in [1.29, 1.82) is 0 Å². The van der Waals surface area contributed by atoms with Crippen LogP contribution in [0.1, 0.15) is 0 Å². The lowest BCUT2D eigenvalue weighted by Gasteiger charge is -2.09. The number of pyridine rings is 2. The molecular weight excluding hydrogens is 311 g/mol. The smallest absolute Gasteiger partial charge is 0.258 e. The lowest BCUT2D eigenvalue weighted by atomic mass is 10.3. The predicted octanol–water partition coefficient (Wildman–Crippen LogP) is 2.83. The molecule has 0 amide bonds. The summed E-state index contributed by atoms with van der Waals surface area (Å²) in [5.41, 5.74) is 0.0304. The maximum atomic E-state index is 13.2. The van der Waals surface area contributed by atoms with Gasteiger partial charge in [0, 0.05) is 18.3 Å². The molecule has 0 spiro atoms. The number of nitrogens with zero attached hydrogens (tertiary/aromatic N) is 2. The summed E-state index contributed by atoms with van der Waals surface area (Å²) < 4.78 is 25.5. The van der Waals surface area contributed by atoms with Gasteiger partial charge in [-0.3, -0.25) is 14.3 Å². The highest BCUT2D eigenvalue weighted by molar-refractivity contribution is 5.31. The molecule has 2 aromatic heterocycles. The summed E-state index contributed by atoms with van der Waals surface area (Å²) >= 11 is 0. The summed E-state index contributed by atoms with van der Waals surface area (Å²) in [4.78, 5) is 15.8. The molecule has 3 rings (SSSR count). The number of rotatable bonds is 6. The third kappa shape index (κ3) is 3.98. The topological polar surface area (TPSA) is 53.4 Å². The lowest BCUT2D eigenvalue weighted by molar-refractivity contribution is 0.217. The van der Waals surface area contributed by atoms with E-state index in [2.05, 4.69) is 4.98 Å². The predicted molar refractivity (Wildman–Crippen MR) is 87.2 cm³/mol. The Kier molecular flexibility index (Phi) is 4.86. The molecule has 0 bridgehead atoms. The standard InChI is InChI=1S/C18H15FN2O3/c19-14-10-15(13-20-12-14)21-7-6-17(11-18(21)22)24-9-8-23-16-4-2-1-3-5-16/h1-7,10-13H,8-9H2. The van der Waals surface area contributed by atoms with Gasteiger partial charge in [-0.15, -0.1) is 0 Å². The molecule has 0 aliphatic carbocycles. The average Bonchev–Trinajstić information content (AvgIpc) is 2.60. The molecule has 24 heavy (non-hydrogen) atoms. The molecule has 1 aromatic carbocycles. The van der Waals surface area contributed by atoms with Gasteiger partial charge >= 0.3 is 0 Å². The largest absolute Gasteiger partial charge is 0.490 e. The van der Waals surface area contributed by atoms with E-state index in [1.165, 1.54) is 29.1 Å². The van der Waals surface area contributed by atoms with Crippen LogP contribution < -0.4 is 15.0 Å². The number of benzene rings is 1. The van der Waals surface area contributed by atoms with Gasteiger partial charge in [-0.05, 0) is 18.2 Å². The van der Waals surface area contributed by atoms with Crippen LogP contribution in [-0.4, -0.2) is 22.8 Å². The summed E-state index contributed by atoms with van der Waals surface area (Å²) in [6.07, 6.45) is 4.02. The van der Waals surface area contributed by atoms with Crippen LogP contribution in [0.3, 0.4) is 0 Å². The Balaban J connectivity index is 1.60. The van der Waals surface area contributed by atoms with Crippen molar-refractivity contribution >= 4 is 0 Å². The van der Waals surface area contributed by atoms with Crippen molar-refractivity contribution in [1.82, 2.24) is 9.55 Å². The fourth-order valence-corrected chi connectivity index (χ4v) is 2.13. The van der Waals surface area contributed by atoms with Crippen LogP contribution in [0, 0.1) is 5.82 Å². The number of hydrogen-bond donors (Lipinski definition) is 0. The summed E-state index contributed by atoms with van der Waals surface area (Å²) in [6.45, 7) is 0.667. The van der Waals surface area contributed by atoms with Crippen LogP contribution in [0.5, 0.6) is 11.5 Å². The maximum absolute atomic E-state index is 13.2. The summed E-state index contributed by atoms with van der Waals surface area (Å²) in [5, 5.41) is 0. The van der Waals surface area contributed by atoms with E-state index in [9.17, 15) is 9.18 Å². The van der Waals surface area contributed by atoms with Crippen molar-refractivity contribution in [2.24, 2.45) is 0 Å². The molecule has 3 aromatic rings. The molecule has 5 nitrogen and oxygen atoms in total. The van der Waals surface area contributed by atoms with Gasteiger partial charge in [0.05, 0.1) is 18.1 Å². The minimum atomic E-state index is -0.502. The Bertz CT molecular complexity index is 865. The van der Waals surface area contributed by atoms with E-state index in [1.807, 2.05) is 30.3 Å². The molecule has 6 heteroatoms. The van der Waals surface area contributed by atoms with Crippen LogP contribution in [0.25, 0.3) is 5.69 Å². The van der Waals surface area contributed by atoms with E-state index >= 15 is 0 Å². The van der Waals surface area contributed by atoms with Gasteiger partial charge in [-0.2, -0.15) is 0 Å². The highest BCUT2D eigenvalue weighted by atomic mass is 19.1. The SMILES string of the molecule is O=c1cc(OCCOc2ccccc2)ccn1-c1cncc(F)c1. The van der Waals surface area contributed by atoms with Crippen molar-refractivity contribution in [3.05, 3.63) is 83.3 Å². The third-order valence-electron chi connectivity index (χ3n) is 3.22. The van der Waals surface area contributed by atoms with Gasteiger partial charge < -0.3 is 9.47 Å². The molecular formula is C18H15FN2O3. The first kappa shape index (κ1) is 15.7. The zero-order chi connectivity index (χ0) is 16.8. The second-order valence-electron chi connectivity index (χ2n) is 4.94. The van der Waals surface area contributed by atoms with Crippen LogP contribution in [-0.2, 0) is 0 Å². The summed E-state index contributed by atoms with van der Waals surface area (Å²) in [7, 11) is 0. The molecule has 0 saturated heterocycles. The molecule has 2 heterocycles. The third-order valence-corrected chi connectivity index (χ3v) is 3.22. The molecule has 0 unspecified atom stereocenters. The maximum Gasteiger partial charge on any atom is 0.258 e. The van der Waals surface area contributed by atoms with Crippen LogP contribution in [0.2, 0.25) is 0 Å². The normalized spacial score (nSPS) is 10.4. The number of hydrogen-bond acceptors (Lipinski definition) is 4. The fraction of sp³-hybridized carbons (Fsp3) is 0.111. The Hall–Kier alpha value is -3.15. The van der Waals surface area contributed by atoms with Gasteiger partial charge in [0.25, 0.3) is 5.56 Å². The average molecular weight is 326 g/mol. The van der Waals surface area contributed by atoms with Gasteiger partial charge in [0.15, 0.2) is 0 Å². The molecule has 0 fully saturated rings. The Morgan fingerprint density at radius 3 is 2.42 bits per heavy atom. The van der Waals surface area contributed by atoms with Gasteiger partial charge in [0.2, 0.25) is 0 Å². The van der Waals surface area contributed by atoms with Gasteiger partial charge in [-0.25, -0.2) is 4.39 Å². The number of aromatic nitrogens is 2. The van der Waals surface area contributed by atoms with E-state index in [0.29, 0.717) is 24.7 Å². The summed E-state index contributed by atoms with van der Waals surface area (Å²) in [5.74, 6) is 0.685. The molecule has 0 atom stereocenters. The second kappa shape index (κ2) is 7.41. The van der Waals surface area contributed by atoms with Crippen molar-refractivity contribution in [2.45, 2.75) is 0 Å². The van der Waals surface area contributed by atoms with E-state index in [1.54, 1.807) is 6.07 Å². The van der Waals surface area contributed by atoms with Crippen molar-refractivity contribution in [2.75, 3.05) is 13.2 Å². The highest BCUT2D eigenvalue weighted by Gasteiger charge is 2.04. The monoisotopic (exact) mass is 326 g/mol. The lowest BCUT2D eigenvalue weighted by Crippen LogP contribution is -2.18. The first-order chi connectivity index (χ1) is 11.7. The fourth-order valence-electron chi connectivity index (χ4n) is 2.13. The van der Waals surface area contributed by atoms with Crippen LogP contribution >= 0.6 is 0 Å². The molecule has 0 saturated carbocycles. The minimum Gasteiger partial charge on any atom is -0.490 e. The zero-order valence-electron chi connectivity index (χ0n) is 12.8. The van der Waals surface area contributed by atoms with E-state index in [-0.39, 0.29) is 5.56 Å². The van der Waals surface area contributed by atoms with E-state index < -0.39 is 5.82 Å². The summed E-state index contributed by atoms with van der Waals surface area (Å²) in [6, 6.07) is 13.6. The highest BCUT2D eigenvalue weighted by Crippen LogP contribution is 2.11. The molecule has 122 valence electrons. The number of halogens is 1. The van der Waals surface area contributed by atoms with Crippen molar-refractivity contribution < 1.29 is 13.9 Å². The first-order valence-corrected chi connectivity index (χ1v) is 7.37. The van der Waals surface area contributed by atoms with Gasteiger partial charge in [0.1, 0.15) is 30.5 Å².